The van der Waals surface area contributed by atoms with Crippen LogP contribution in [0.1, 0.15) is 32.8 Å². The molecular weight excluding hydrogens is 314 g/mol. The summed E-state index contributed by atoms with van der Waals surface area (Å²) in [4.78, 5) is 13.3. The minimum atomic E-state index is -1.37. The van der Waals surface area contributed by atoms with Crippen molar-refractivity contribution < 1.29 is 9.22 Å². The Labute approximate surface area is 146 Å². The van der Waals surface area contributed by atoms with Gasteiger partial charge >= 0.3 is 0 Å². The number of likely N-dealkylation sites (tertiary alicyclic amines) is 1. The predicted octanol–water partition coefficient (Wildman–Crippen LogP) is 2.30. The summed E-state index contributed by atoms with van der Waals surface area (Å²) >= 11 is 0. The third-order valence-corrected chi connectivity index (χ3v) is 6.45. The van der Waals surface area contributed by atoms with Gasteiger partial charge in [0, 0.05) is 13.0 Å². The van der Waals surface area contributed by atoms with Crippen molar-refractivity contribution in [2.75, 3.05) is 13.3 Å². The molecule has 4 heteroatoms. The number of carbonyl (C=O) groups excluding carboxylic acids is 1. The van der Waals surface area contributed by atoms with Gasteiger partial charge in [-0.15, -0.1) is 0 Å². The van der Waals surface area contributed by atoms with E-state index in [-0.39, 0.29) is 11.3 Å². The molecule has 2 aromatic rings. The number of β-lactam (4-membered cyclic amide) rings is 1. The lowest BCUT2D eigenvalue weighted by Crippen LogP contribution is -2.51. The maximum absolute atomic E-state index is 11.6. The third-order valence-electron chi connectivity index (χ3n) is 4.34. The molecular formula is C20H24NO2Si. The molecule has 1 amide bonds. The molecule has 1 aliphatic heterocycles. The van der Waals surface area contributed by atoms with Crippen molar-refractivity contribution >= 4 is 25.3 Å². The molecule has 1 radical (unpaired) electrons. The molecule has 1 heterocycles. The zero-order valence-corrected chi connectivity index (χ0v) is 15.6. The fourth-order valence-electron chi connectivity index (χ4n) is 2.69. The molecule has 1 aliphatic rings. The van der Waals surface area contributed by atoms with Crippen LogP contribution in [0.15, 0.2) is 54.6 Å². The number of nitrogens with zero attached hydrogens (tertiary/aromatic N) is 1. The van der Waals surface area contributed by atoms with E-state index in [1.165, 1.54) is 15.9 Å². The van der Waals surface area contributed by atoms with E-state index >= 15 is 0 Å². The van der Waals surface area contributed by atoms with Crippen molar-refractivity contribution in [3.05, 3.63) is 60.2 Å². The Morgan fingerprint density at radius 2 is 1.75 bits per heavy atom. The zero-order valence-electron chi connectivity index (χ0n) is 14.6. The number of benzene rings is 2. The molecule has 0 bridgehead atoms. The van der Waals surface area contributed by atoms with E-state index in [0.717, 1.165) is 6.54 Å². The molecule has 1 saturated heterocycles. The summed E-state index contributed by atoms with van der Waals surface area (Å²) in [6, 6.07) is 19.1. The van der Waals surface area contributed by atoms with E-state index in [4.69, 9.17) is 4.43 Å². The van der Waals surface area contributed by atoms with Crippen molar-refractivity contribution in [2.24, 2.45) is 0 Å². The summed E-state index contributed by atoms with van der Waals surface area (Å²) in [6.45, 7) is 7.87. The molecule has 3 rings (SSSR count). The molecule has 0 aliphatic carbocycles. The maximum Gasteiger partial charge on any atom is 0.284 e. The second-order valence-electron chi connectivity index (χ2n) is 7.21. The summed E-state index contributed by atoms with van der Waals surface area (Å²) in [5.74, 6) is 0.188. The Bertz CT molecular complexity index is 709. The van der Waals surface area contributed by atoms with Gasteiger partial charge in [-0.2, -0.15) is 0 Å². The monoisotopic (exact) mass is 338 g/mol. The van der Waals surface area contributed by atoms with Gasteiger partial charge in [0.05, 0.1) is 0 Å². The highest BCUT2D eigenvalue weighted by molar-refractivity contribution is 6.80. The molecule has 0 atom stereocenters. The van der Waals surface area contributed by atoms with Crippen LogP contribution in [0.5, 0.6) is 0 Å². The summed E-state index contributed by atoms with van der Waals surface area (Å²) < 4.78 is 6.26. The standard InChI is InChI=1S/C20H24NO2Si/c1-20(2,3)16-8-7-11-18(14-16)24(17-9-5-4-6-10-17)23-15-21-13-12-19(21)22/h4-11,14H,12-13,15H2,1-3H3. The highest BCUT2D eigenvalue weighted by Gasteiger charge is 2.27. The van der Waals surface area contributed by atoms with Crippen molar-refractivity contribution in [1.29, 1.82) is 0 Å². The van der Waals surface area contributed by atoms with Crippen LogP contribution in [0, 0.1) is 0 Å². The summed E-state index contributed by atoms with van der Waals surface area (Å²) in [5.41, 5.74) is 1.41. The highest BCUT2D eigenvalue weighted by Crippen LogP contribution is 2.20. The smallest absolute Gasteiger partial charge is 0.284 e. The Morgan fingerprint density at radius 1 is 1.04 bits per heavy atom. The van der Waals surface area contributed by atoms with Crippen molar-refractivity contribution in [3.8, 4) is 0 Å². The second-order valence-corrected chi connectivity index (χ2v) is 9.31. The Balaban J connectivity index is 1.88. The lowest BCUT2D eigenvalue weighted by molar-refractivity contribution is -0.143. The highest BCUT2D eigenvalue weighted by atomic mass is 28.3. The first-order valence-electron chi connectivity index (χ1n) is 8.39. The topological polar surface area (TPSA) is 29.5 Å². The van der Waals surface area contributed by atoms with Gasteiger partial charge < -0.3 is 9.33 Å². The lowest BCUT2D eigenvalue weighted by Gasteiger charge is -2.32. The van der Waals surface area contributed by atoms with Gasteiger partial charge in [0.15, 0.2) is 0 Å². The normalized spacial score (nSPS) is 14.8. The quantitative estimate of drug-likeness (QED) is 0.618. The Morgan fingerprint density at radius 3 is 2.33 bits per heavy atom. The van der Waals surface area contributed by atoms with Crippen LogP contribution >= 0.6 is 0 Å². The summed E-state index contributed by atoms with van der Waals surface area (Å²) in [5, 5.41) is 2.44. The minimum Gasteiger partial charge on any atom is -0.390 e. The first kappa shape index (κ1) is 16.9. The summed E-state index contributed by atoms with van der Waals surface area (Å²) in [7, 11) is -1.37. The average Bonchev–Trinajstić information content (AvgIpc) is 2.57. The molecule has 0 aromatic heterocycles. The predicted molar refractivity (Wildman–Crippen MR) is 98.9 cm³/mol. The maximum atomic E-state index is 11.6. The Hall–Kier alpha value is -1.91. The van der Waals surface area contributed by atoms with Gasteiger partial charge in [-0.1, -0.05) is 75.4 Å². The van der Waals surface area contributed by atoms with Crippen molar-refractivity contribution in [2.45, 2.75) is 32.6 Å². The van der Waals surface area contributed by atoms with Crippen LogP contribution in [0.2, 0.25) is 0 Å². The number of rotatable bonds is 5. The third kappa shape index (κ3) is 3.76. The van der Waals surface area contributed by atoms with Gasteiger partial charge in [0.25, 0.3) is 9.04 Å². The summed E-state index contributed by atoms with van der Waals surface area (Å²) in [6.07, 6.45) is 0.649. The van der Waals surface area contributed by atoms with Crippen LogP contribution in [-0.4, -0.2) is 33.1 Å². The van der Waals surface area contributed by atoms with Crippen LogP contribution in [-0.2, 0) is 14.6 Å². The van der Waals surface area contributed by atoms with Crippen LogP contribution in [0.3, 0.4) is 0 Å². The van der Waals surface area contributed by atoms with Gasteiger partial charge in [0.1, 0.15) is 6.73 Å². The fourth-order valence-corrected chi connectivity index (χ4v) is 4.67. The van der Waals surface area contributed by atoms with E-state index < -0.39 is 9.04 Å². The van der Waals surface area contributed by atoms with Gasteiger partial charge in [-0.05, 0) is 21.4 Å². The molecule has 24 heavy (non-hydrogen) atoms. The molecule has 0 spiro atoms. The van der Waals surface area contributed by atoms with E-state index in [9.17, 15) is 4.79 Å². The molecule has 3 nitrogen and oxygen atoms in total. The first-order valence-corrected chi connectivity index (χ1v) is 9.80. The van der Waals surface area contributed by atoms with Crippen molar-refractivity contribution in [3.63, 3.8) is 0 Å². The number of amides is 1. The molecule has 0 saturated carbocycles. The Kier molecular flexibility index (Phi) is 4.87. The average molecular weight is 339 g/mol. The van der Waals surface area contributed by atoms with Gasteiger partial charge in [0.2, 0.25) is 5.91 Å². The molecule has 125 valence electrons. The lowest BCUT2D eigenvalue weighted by atomic mass is 9.87. The van der Waals surface area contributed by atoms with E-state index in [2.05, 4.69) is 57.2 Å². The molecule has 0 unspecified atom stereocenters. The van der Waals surface area contributed by atoms with E-state index in [1.54, 1.807) is 4.90 Å². The first-order chi connectivity index (χ1) is 11.4. The molecule has 0 N–H and O–H groups in total. The number of hydrogen-bond acceptors (Lipinski definition) is 2. The van der Waals surface area contributed by atoms with E-state index in [1.807, 2.05) is 18.2 Å². The zero-order chi connectivity index (χ0) is 17.2. The van der Waals surface area contributed by atoms with Gasteiger partial charge in [-0.25, -0.2) is 0 Å². The minimum absolute atomic E-state index is 0.104. The number of hydrogen-bond donors (Lipinski definition) is 0. The molecule has 2 aromatic carbocycles. The van der Waals surface area contributed by atoms with Gasteiger partial charge in [-0.3, -0.25) is 4.79 Å². The SMILES string of the molecule is CC(C)(C)c1cccc([Si](OCN2CCC2=O)c2ccccc2)c1. The van der Waals surface area contributed by atoms with E-state index in [0.29, 0.717) is 13.2 Å². The van der Waals surface area contributed by atoms with Crippen LogP contribution in [0.4, 0.5) is 0 Å². The van der Waals surface area contributed by atoms with Crippen molar-refractivity contribution in [1.82, 2.24) is 4.90 Å². The second kappa shape index (κ2) is 6.91. The molecule has 1 fully saturated rings. The van der Waals surface area contributed by atoms with Crippen LogP contribution in [0.25, 0.3) is 0 Å². The van der Waals surface area contributed by atoms with Crippen LogP contribution < -0.4 is 10.4 Å². The fraction of sp³-hybridized carbons (Fsp3) is 0.350. The number of carbonyl (C=O) groups is 1. The largest absolute Gasteiger partial charge is 0.390 e.